The molecular weight excluding hydrogens is 285 g/mol. The summed E-state index contributed by atoms with van der Waals surface area (Å²) in [6.07, 6.45) is 0. The minimum atomic E-state index is -0.349. The zero-order valence-corrected chi connectivity index (χ0v) is 12.3. The number of para-hydroxylation sites is 1. The molecule has 2 aromatic carbocycles. The van der Waals surface area contributed by atoms with Gasteiger partial charge in [-0.25, -0.2) is 4.39 Å². The molecule has 0 unspecified atom stereocenters. The zero-order chi connectivity index (χ0) is 15.8. The Morgan fingerprint density at radius 3 is 2.55 bits per heavy atom. The Kier molecular flexibility index (Phi) is 5.91. The van der Waals surface area contributed by atoms with Gasteiger partial charge in [0.1, 0.15) is 18.2 Å². The number of carbonyl (C=O) groups is 1. The molecule has 0 aromatic heterocycles. The van der Waals surface area contributed by atoms with Crippen molar-refractivity contribution in [3.63, 3.8) is 0 Å². The first-order valence-corrected chi connectivity index (χ1v) is 7.07. The summed E-state index contributed by atoms with van der Waals surface area (Å²) in [5, 5.41) is 2.71. The lowest BCUT2D eigenvalue weighted by molar-refractivity contribution is 0.0998. The molecule has 0 radical (unpaired) electrons. The van der Waals surface area contributed by atoms with Gasteiger partial charge in [0.25, 0.3) is 5.91 Å². The number of hydrogen-bond acceptors (Lipinski definition) is 3. The molecule has 22 heavy (non-hydrogen) atoms. The highest BCUT2D eigenvalue weighted by Gasteiger charge is 2.12. The summed E-state index contributed by atoms with van der Waals surface area (Å²) < 4.78 is 23.6. The van der Waals surface area contributed by atoms with Crippen LogP contribution in [0.4, 0.5) is 10.1 Å². The number of hydrogen-bond donors (Lipinski definition) is 1. The van der Waals surface area contributed by atoms with Crippen LogP contribution in [-0.4, -0.2) is 25.7 Å². The van der Waals surface area contributed by atoms with E-state index in [9.17, 15) is 9.18 Å². The van der Waals surface area contributed by atoms with Crippen LogP contribution >= 0.6 is 0 Å². The predicted octanol–water partition coefficient (Wildman–Crippen LogP) is 3.49. The van der Waals surface area contributed by atoms with Crippen molar-refractivity contribution in [1.82, 2.24) is 0 Å². The molecule has 0 fully saturated rings. The Morgan fingerprint density at radius 2 is 1.82 bits per heavy atom. The first-order chi connectivity index (χ1) is 10.7. The minimum absolute atomic E-state index is 0.307. The van der Waals surface area contributed by atoms with E-state index in [-0.39, 0.29) is 11.7 Å². The summed E-state index contributed by atoms with van der Waals surface area (Å²) in [6, 6.07) is 12.6. The number of amides is 1. The Bertz CT molecular complexity index is 614. The Morgan fingerprint density at radius 1 is 1.09 bits per heavy atom. The van der Waals surface area contributed by atoms with E-state index in [1.54, 1.807) is 24.3 Å². The summed E-state index contributed by atoms with van der Waals surface area (Å²) in [5.41, 5.74) is 0.943. The van der Waals surface area contributed by atoms with Gasteiger partial charge in [-0.1, -0.05) is 12.1 Å². The third kappa shape index (κ3) is 4.56. The molecule has 0 aliphatic carbocycles. The maximum absolute atomic E-state index is 12.9. The van der Waals surface area contributed by atoms with E-state index >= 15 is 0 Å². The van der Waals surface area contributed by atoms with Gasteiger partial charge >= 0.3 is 0 Å². The van der Waals surface area contributed by atoms with Crippen molar-refractivity contribution in [2.24, 2.45) is 0 Å². The van der Waals surface area contributed by atoms with Crippen LogP contribution in [-0.2, 0) is 4.74 Å². The Hall–Kier alpha value is -2.40. The normalized spacial score (nSPS) is 10.3. The maximum atomic E-state index is 12.9. The number of nitrogens with one attached hydrogen (secondary N) is 1. The van der Waals surface area contributed by atoms with Gasteiger partial charge in [0, 0.05) is 12.3 Å². The van der Waals surface area contributed by atoms with Crippen molar-refractivity contribution in [3.8, 4) is 5.75 Å². The molecule has 4 nitrogen and oxygen atoms in total. The first-order valence-electron chi connectivity index (χ1n) is 7.07. The number of halogens is 1. The van der Waals surface area contributed by atoms with Gasteiger partial charge in [-0.2, -0.15) is 0 Å². The number of rotatable bonds is 7. The number of benzene rings is 2. The molecule has 0 aliphatic heterocycles. The molecule has 0 bridgehead atoms. The second-order valence-corrected chi connectivity index (χ2v) is 4.50. The van der Waals surface area contributed by atoms with Gasteiger partial charge in [0.2, 0.25) is 0 Å². The van der Waals surface area contributed by atoms with Gasteiger partial charge < -0.3 is 14.8 Å². The van der Waals surface area contributed by atoms with Crippen molar-refractivity contribution >= 4 is 11.6 Å². The molecule has 0 atom stereocenters. The summed E-state index contributed by atoms with van der Waals surface area (Å²) >= 11 is 0. The van der Waals surface area contributed by atoms with Crippen LogP contribution in [0, 0.1) is 5.82 Å². The van der Waals surface area contributed by atoms with Crippen LogP contribution < -0.4 is 10.1 Å². The average Bonchev–Trinajstić information content (AvgIpc) is 2.54. The lowest BCUT2D eigenvalue weighted by atomic mass is 10.2. The fourth-order valence-corrected chi connectivity index (χ4v) is 1.87. The number of carbonyl (C=O) groups excluding carboxylic acids is 1. The lowest BCUT2D eigenvalue weighted by Crippen LogP contribution is -2.15. The molecule has 2 rings (SSSR count). The molecule has 0 saturated heterocycles. The van der Waals surface area contributed by atoms with Gasteiger partial charge in [0.15, 0.2) is 0 Å². The number of anilines is 1. The molecule has 5 heteroatoms. The molecule has 0 heterocycles. The van der Waals surface area contributed by atoms with E-state index in [2.05, 4.69) is 5.32 Å². The first kappa shape index (κ1) is 16.0. The van der Waals surface area contributed by atoms with Crippen LogP contribution in [0.3, 0.4) is 0 Å². The molecule has 0 aliphatic rings. The average molecular weight is 303 g/mol. The van der Waals surface area contributed by atoms with Crippen molar-refractivity contribution in [2.45, 2.75) is 6.92 Å². The summed E-state index contributed by atoms with van der Waals surface area (Å²) in [6.45, 7) is 3.36. The summed E-state index contributed by atoms with van der Waals surface area (Å²) in [5.74, 6) is -0.168. The largest absolute Gasteiger partial charge is 0.490 e. The van der Waals surface area contributed by atoms with Crippen molar-refractivity contribution in [2.75, 3.05) is 25.1 Å². The summed E-state index contributed by atoms with van der Waals surface area (Å²) in [7, 11) is 0. The molecule has 0 saturated carbocycles. The monoisotopic (exact) mass is 303 g/mol. The lowest BCUT2D eigenvalue weighted by Gasteiger charge is -2.11. The minimum Gasteiger partial charge on any atom is -0.490 e. The molecule has 116 valence electrons. The van der Waals surface area contributed by atoms with Crippen LogP contribution in [0.15, 0.2) is 48.5 Å². The molecule has 0 spiro atoms. The van der Waals surface area contributed by atoms with E-state index in [1.165, 1.54) is 24.3 Å². The van der Waals surface area contributed by atoms with Crippen molar-refractivity contribution < 1.29 is 18.7 Å². The third-order valence-corrected chi connectivity index (χ3v) is 2.92. The number of ether oxygens (including phenoxy) is 2. The zero-order valence-electron chi connectivity index (χ0n) is 12.3. The molecule has 1 amide bonds. The standard InChI is InChI=1S/C17H18FNO3/c1-2-21-11-12-22-16-6-4-3-5-15(16)17(20)19-14-9-7-13(18)8-10-14/h3-10H,2,11-12H2,1H3,(H,19,20). The van der Waals surface area contributed by atoms with Gasteiger partial charge in [-0.15, -0.1) is 0 Å². The van der Waals surface area contributed by atoms with E-state index < -0.39 is 0 Å². The SMILES string of the molecule is CCOCCOc1ccccc1C(=O)Nc1ccc(F)cc1. The molecule has 1 N–H and O–H groups in total. The van der Waals surface area contributed by atoms with E-state index in [0.717, 1.165) is 0 Å². The van der Waals surface area contributed by atoms with Crippen LogP contribution in [0.1, 0.15) is 17.3 Å². The smallest absolute Gasteiger partial charge is 0.259 e. The third-order valence-electron chi connectivity index (χ3n) is 2.92. The highest BCUT2D eigenvalue weighted by molar-refractivity contribution is 6.06. The fraction of sp³-hybridized carbons (Fsp3) is 0.235. The van der Waals surface area contributed by atoms with Crippen LogP contribution in [0.5, 0.6) is 5.75 Å². The highest BCUT2D eigenvalue weighted by atomic mass is 19.1. The highest BCUT2D eigenvalue weighted by Crippen LogP contribution is 2.20. The maximum Gasteiger partial charge on any atom is 0.259 e. The molecular formula is C17H18FNO3. The van der Waals surface area contributed by atoms with Gasteiger partial charge in [-0.3, -0.25) is 4.79 Å². The fourth-order valence-electron chi connectivity index (χ4n) is 1.87. The predicted molar refractivity (Wildman–Crippen MR) is 82.8 cm³/mol. The quantitative estimate of drug-likeness (QED) is 0.796. The van der Waals surface area contributed by atoms with E-state index in [4.69, 9.17) is 9.47 Å². The van der Waals surface area contributed by atoms with Gasteiger partial charge in [0.05, 0.1) is 12.2 Å². The summed E-state index contributed by atoms with van der Waals surface area (Å²) in [4.78, 5) is 12.3. The van der Waals surface area contributed by atoms with Crippen LogP contribution in [0.2, 0.25) is 0 Å². The van der Waals surface area contributed by atoms with Crippen molar-refractivity contribution in [3.05, 3.63) is 59.9 Å². The Balaban J connectivity index is 2.03. The van der Waals surface area contributed by atoms with E-state index in [0.29, 0.717) is 36.8 Å². The second kappa shape index (κ2) is 8.14. The second-order valence-electron chi connectivity index (χ2n) is 4.50. The topological polar surface area (TPSA) is 47.6 Å². The molecule has 2 aromatic rings. The van der Waals surface area contributed by atoms with Crippen molar-refractivity contribution in [1.29, 1.82) is 0 Å². The van der Waals surface area contributed by atoms with Crippen LogP contribution in [0.25, 0.3) is 0 Å². The van der Waals surface area contributed by atoms with Gasteiger partial charge in [-0.05, 0) is 43.3 Å². The Labute approximate surface area is 128 Å². The van der Waals surface area contributed by atoms with E-state index in [1.807, 2.05) is 6.92 Å².